The van der Waals surface area contributed by atoms with Gasteiger partial charge in [-0.15, -0.1) is 0 Å². The number of hydrogen-bond donors (Lipinski definition) is 3. The van der Waals surface area contributed by atoms with Crippen LogP contribution in [0.1, 0.15) is 10.5 Å². The second-order valence-corrected chi connectivity index (χ2v) is 3.03. The smallest absolute Gasteiger partial charge is 0.267 e. The van der Waals surface area contributed by atoms with E-state index in [1.807, 2.05) is 0 Å². The summed E-state index contributed by atoms with van der Waals surface area (Å²) in [7, 11) is 1.57. The van der Waals surface area contributed by atoms with Gasteiger partial charge in [0.2, 0.25) is 0 Å². The summed E-state index contributed by atoms with van der Waals surface area (Å²) in [6.07, 6.45) is 0. The van der Waals surface area contributed by atoms with Crippen molar-refractivity contribution in [3.05, 3.63) is 30.0 Å². The Balaban J connectivity index is 2.56. The van der Waals surface area contributed by atoms with Gasteiger partial charge in [-0.1, -0.05) is 0 Å². The van der Waals surface area contributed by atoms with Crippen LogP contribution in [0.5, 0.6) is 5.75 Å². The molecule has 1 amide bonds. The molecule has 14 heavy (non-hydrogen) atoms. The van der Waals surface area contributed by atoms with Crippen molar-refractivity contribution in [1.82, 2.24) is 10.3 Å². The normalized spacial score (nSPS) is 10.4. The Morgan fingerprint density at radius 2 is 2.21 bits per heavy atom. The van der Waals surface area contributed by atoms with E-state index in [0.29, 0.717) is 5.69 Å². The molecule has 4 nitrogen and oxygen atoms in total. The van der Waals surface area contributed by atoms with Crippen LogP contribution in [-0.2, 0) is 0 Å². The van der Waals surface area contributed by atoms with Crippen LogP contribution in [0.4, 0.5) is 0 Å². The molecule has 0 aliphatic heterocycles. The number of phenolic OH excluding ortho intramolecular Hbond substituents is 1. The Bertz CT molecular complexity index is 488. The maximum atomic E-state index is 11.3. The Morgan fingerprint density at radius 3 is 2.93 bits per heavy atom. The molecule has 72 valence electrons. The standard InChI is InChI=1S/C10H10N2O2/c1-11-10(14)9-4-6-2-3-7(13)5-8(6)12-9/h2-5,12-13H,1H3,(H,11,14). The Hall–Kier alpha value is -1.97. The number of nitrogens with one attached hydrogen (secondary N) is 2. The summed E-state index contributed by atoms with van der Waals surface area (Å²) in [5.41, 5.74) is 1.25. The van der Waals surface area contributed by atoms with Gasteiger partial charge >= 0.3 is 0 Å². The summed E-state index contributed by atoms with van der Waals surface area (Å²) in [6.45, 7) is 0. The number of rotatable bonds is 1. The Kier molecular flexibility index (Phi) is 1.89. The van der Waals surface area contributed by atoms with Crippen molar-refractivity contribution in [1.29, 1.82) is 0 Å². The largest absolute Gasteiger partial charge is 0.508 e. The first-order chi connectivity index (χ1) is 6.70. The highest BCUT2D eigenvalue weighted by Gasteiger charge is 2.07. The monoisotopic (exact) mass is 190 g/mol. The highest BCUT2D eigenvalue weighted by molar-refractivity contribution is 5.98. The maximum Gasteiger partial charge on any atom is 0.267 e. The molecule has 2 rings (SSSR count). The third kappa shape index (κ3) is 1.31. The third-order valence-corrected chi connectivity index (χ3v) is 2.08. The molecule has 3 N–H and O–H groups in total. The van der Waals surface area contributed by atoms with Crippen LogP contribution in [0.3, 0.4) is 0 Å². The molecule has 0 saturated carbocycles. The number of fused-ring (bicyclic) bond motifs is 1. The van der Waals surface area contributed by atoms with E-state index in [-0.39, 0.29) is 11.7 Å². The lowest BCUT2D eigenvalue weighted by molar-refractivity contribution is 0.0959. The number of benzene rings is 1. The van der Waals surface area contributed by atoms with E-state index in [1.165, 1.54) is 0 Å². The molecule has 2 aromatic rings. The third-order valence-electron chi connectivity index (χ3n) is 2.08. The first-order valence-electron chi connectivity index (χ1n) is 4.24. The van der Waals surface area contributed by atoms with Crippen molar-refractivity contribution in [2.45, 2.75) is 0 Å². The molecule has 0 saturated heterocycles. The van der Waals surface area contributed by atoms with Gasteiger partial charge in [0.25, 0.3) is 5.91 Å². The van der Waals surface area contributed by atoms with Gasteiger partial charge in [0.05, 0.1) is 0 Å². The van der Waals surface area contributed by atoms with Gasteiger partial charge < -0.3 is 15.4 Å². The molecule has 1 heterocycles. The average molecular weight is 190 g/mol. The highest BCUT2D eigenvalue weighted by atomic mass is 16.3. The van der Waals surface area contributed by atoms with Gasteiger partial charge in [0.15, 0.2) is 0 Å². The number of hydrogen-bond acceptors (Lipinski definition) is 2. The molecular formula is C10H10N2O2. The average Bonchev–Trinajstić information content (AvgIpc) is 2.59. The number of carbonyl (C=O) groups is 1. The van der Waals surface area contributed by atoms with Crippen LogP contribution >= 0.6 is 0 Å². The first-order valence-corrected chi connectivity index (χ1v) is 4.24. The number of carbonyl (C=O) groups excluding carboxylic acids is 1. The Morgan fingerprint density at radius 1 is 1.43 bits per heavy atom. The van der Waals surface area contributed by atoms with Crippen molar-refractivity contribution in [3.63, 3.8) is 0 Å². The second-order valence-electron chi connectivity index (χ2n) is 3.03. The molecular weight excluding hydrogens is 180 g/mol. The molecule has 0 unspecified atom stereocenters. The molecule has 0 atom stereocenters. The summed E-state index contributed by atoms with van der Waals surface area (Å²) in [5, 5.41) is 12.6. The van der Waals surface area contributed by atoms with Gasteiger partial charge in [-0.2, -0.15) is 0 Å². The minimum atomic E-state index is -0.166. The topological polar surface area (TPSA) is 65.1 Å². The predicted octanol–water partition coefficient (Wildman–Crippen LogP) is 1.23. The minimum Gasteiger partial charge on any atom is -0.508 e. The number of aromatic amines is 1. The van der Waals surface area contributed by atoms with Crippen LogP contribution in [0.15, 0.2) is 24.3 Å². The van der Waals surface area contributed by atoms with Crippen molar-refractivity contribution in [2.24, 2.45) is 0 Å². The molecule has 0 bridgehead atoms. The highest BCUT2D eigenvalue weighted by Crippen LogP contribution is 2.20. The summed E-state index contributed by atoms with van der Waals surface area (Å²) in [5.74, 6) is 0.0171. The van der Waals surface area contributed by atoms with E-state index in [4.69, 9.17) is 0 Å². The Labute approximate surface area is 80.6 Å². The summed E-state index contributed by atoms with van der Waals surface area (Å²) < 4.78 is 0. The van der Waals surface area contributed by atoms with E-state index in [9.17, 15) is 9.90 Å². The van der Waals surface area contributed by atoms with Crippen LogP contribution in [0.25, 0.3) is 10.9 Å². The van der Waals surface area contributed by atoms with E-state index < -0.39 is 0 Å². The van der Waals surface area contributed by atoms with Gasteiger partial charge in [0, 0.05) is 24.0 Å². The first kappa shape index (κ1) is 8.62. The number of phenols is 1. The number of H-pyrrole nitrogens is 1. The van der Waals surface area contributed by atoms with Crippen molar-refractivity contribution in [3.8, 4) is 5.75 Å². The number of aromatic hydroxyl groups is 1. The number of aromatic nitrogens is 1. The second kappa shape index (κ2) is 3.06. The molecule has 1 aromatic carbocycles. The molecule has 0 spiro atoms. The van der Waals surface area contributed by atoms with Crippen molar-refractivity contribution >= 4 is 16.8 Å². The van der Waals surface area contributed by atoms with Crippen LogP contribution in [0.2, 0.25) is 0 Å². The molecule has 0 aliphatic carbocycles. The molecule has 4 heteroatoms. The number of amides is 1. The molecule has 0 fully saturated rings. The lowest BCUT2D eigenvalue weighted by atomic mass is 10.2. The van der Waals surface area contributed by atoms with E-state index in [1.54, 1.807) is 31.3 Å². The SMILES string of the molecule is CNC(=O)c1cc2ccc(O)cc2[nH]1. The van der Waals surface area contributed by atoms with Crippen molar-refractivity contribution in [2.75, 3.05) is 7.05 Å². The fraction of sp³-hybridized carbons (Fsp3) is 0.100. The lowest BCUT2D eigenvalue weighted by Gasteiger charge is -1.92. The van der Waals surface area contributed by atoms with E-state index in [2.05, 4.69) is 10.3 Å². The zero-order valence-corrected chi connectivity index (χ0v) is 7.66. The predicted molar refractivity (Wildman–Crippen MR) is 53.4 cm³/mol. The van der Waals surface area contributed by atoms with Gasteiger partial charge in [-0.05, 0) is 18.2 Å². The maximum absolute atomic E-state index is 11.3. The molecule has 0 aliphatic rings. The fourth-order valence-corrected chi connectivity index (χ4v) is 1.37. The quantitative estimate of drug-likeness (QED) is 0.633. The van der Waals surface area contributed by atoms with Crippen LogP contribution in [-0.4, -0.2) is 23.0 Å². The zero-order chi connectivity index (χ0) is 10.1. The summed E-state index contributed by atoms with van der Waals surface area (Å²) in [4.78, 5) is 14.2. The lowest BCUT2D eigenvalue weighted by Crippen LogP contribution is -2.17. The van der Waals surface area contributed by atoms with Gasteiger partial charge in [0.1, 0.15) is 11.4 Å². The molecule has 1 aromatic heterocycles. The van der Waals surface area contributed by atoms with E-state index >= 15 is 0 Å². The summed E-state index contributed by atoms with van der Waals surface area (Å²) >= 11 is 0. The van der Waals surface area contributed by atoms with Crippen molar-refractivity contribution < 1.29 is 9.90 Å². The van der Waals surface area contributed by atoms with Crippen LogP contribution < -0.4 is 5.32 Å². The van der Waals surface area contributed by atoms with Crippen LogP contribution in [0, 0.1) is 0 Å². The van der Waals surface area contributed by atoms with E-state index in [0.717, 1.165) is 10.9 Å². The zero-order valence-electron chi connectivity index (χ0n) is 7.66. The fourth-order valence-electron chi connectivity index (χ4n) is 1.37. The van der Waals surface area contributed by atoms with Gasteiger partial charge in [-0.3, -0.25) is 4.79 Å². The molecule has 0 radical (unpaired) electrons. The summed E-state index contributed by atoms with van der Waals surface area (Å²) in [6, 6.07) is 6.67. The van der Waals surface area contributed by atoms with Gasteiger partial charge in [-0.25, -0.2) is 0 Å². The minimum absolute atomic E-state index is 0.166.